The molecule has 1 amide bonds. The van der Waals surface area contributed by atoms with Crippen LogP contribution in [-0.2, 0) is 14.2 Å². The van der Waals surface area contributed by atoms with Crippen molar-refractivity contribution in [1.29, 1.82) is 0 Å². The zero-order chi connectivity index (χ0) is 50.0. The lowest BCUT2D eigenvalue weighted by molar-refractivity contribution is -0.302. The topological polar surface area (TPSA) is 170 Å². The van der Waals surface area contributed by atoms with E-state index in [-0.39, 0.29) is 12.3 Å². The van der Waals surface area contributed by atoms with Crippen molar-refractivity contribution in [3.05, 3.63) is 30.1 Å². The highest BCUT2D eigenvalue weighted by Crippen LogP contribution is 2.24. The minimum absolute atomic E-state index is 0.0894. The van der Waals surface area contributed by atoms with Crippen LogP contribution in [0.4, 0.5) is 14.9 Å². The van der Waals surface area contributed by atoms with Crippen LogP contribution in [0.2, 0.25) is 0 Å². The zero-order valence-corrected chi connectivity index (χ0v) is 44.0. The standard InChI is InChI=1S/C57H105FN2O9/c1-3-5-7-9-11-13-15-17-18-19-20-21-22-23-24-25-26-27-28-30-32-34-36-40-44-59-49(52(62)50(61)43-37-35-33-31-29-16-14-12-10-8-6-4-2)45-67-56-55(65)54(64)53(63)51(69-56)46-68-57(66)60-48-42-39-38-41-47(48)58/h38-39,41-42,49-56,59,61-65H,3-37,40,43-46H2,1-2H3,(H,60,66)/t49-,50+,51+,52-,53-,54-,55+,56+/m0/s1. The number of aliphatic hydroxyl groups is 5. The Kier molecular flexibility index (Phi) is 40.0. The van der Waals surface area contributed by atoms with Gasteiger partial charge < -0.3 is 45.1 Å². The Hall–Kier alpha value is -1.90. The molecule has 0 unspecified atom stereocenters. The number of carbonyl (C=O) groups is 1. The van der Waals surface area contributed by atoms with Crippen LogP contribution in [0.25, 0.3) is 0 Å². The molecule has 1 aliphatic heterocycles. The molecule has 0 bridgehead atoms. The average Bonchev–Trinajstić information content (AvgIpc) is 3.35. The zero-order valence-electron chi connectivity index (χ0n) is 44.0. The van der Waals surface area contributed by atoms with Gasteiger partial charge in [0, 0.05) is 0 Å². The van der Waals surface area contributed by atoms with E-state index in [2.05, 4.69) is 24.5 Å². The van der Waals surface area contributed by atoms with Crippen LogP contribution >= 0.6 is 0 Å². The maximum atomic E-state index is 14.0. The molecule has 8 atom stereocenters. The number of unbranched alkanes of at least 4 members (excludes halogenated alkanes) is 34. The number of aliphatic hydroxyl groups excluding tert-OH is 5. The van der Waals surface area contributed by atoms with Crippen molar-refractivity contribution in [2.24, 2.45) is 0 Å². The van der Waals surface area contributed by atoms with E-state index in [0.29, 0.717) is 13.0 Å². The Labute approximate surface area is 420 Å². The van der Waals surface area contributed by atoms with Gasteiger partial charge in [-0.05, 0) is 31.5 Å². The number of halogens is 1. The maximum absolute atomic E-state index is 14.0. The monoisotopic (exact) mass is 981 g/mol. The first kappa shape index (κ1) is 63.2. The molecule has 0 spiro atoms. The van der Waals surface area contributed by atoms with Gasteiger partial charge in [0.25, 0.3) is 0 Å². The Morgan fingerprint density at radius 1 is 0.580 bits per heavy atom. The fraction of sp³-hybridized carbons (Fsp3) is 0.877. The van der Waals surface area contributed by atoms with Crippen molar-refractivity contribution in [1.82, 2.24) is 5.32 Å². The molecule has 404 valence electrons. The predicted molar refractivity (Wildman–Crippen MR) is 280 cm³/mol. The van der Waals surface area contributed by atoms with Gasteiger partial charge in [0.2, 0.25) is 0 Å². The number of carbonyl (C=O) groups excluding carboxylic acids is 1. The summed E-state index contributed by atoms with van der Waals surface area (Å²) in [6.07, 6.45) is 36.1. The van der Waals surface area contributed by atoms with E-state index < -0.39 is 67.5 Å². The third kappa shape index (κ3) is 32.0. The molecule has 7 N–H and O–H groups in total. The SMILES string of the molecule is CCCCCCCCCCCCCCCCCCCCCCCCCCN[C@@H](CO[C@@H]1O[C@H](COC(=O)Nc2ccccc2F)[C@H](O)[C@H](O)[C@H]1O)[C@H](O)[C@H](O)CCCCCCCCCCCCCC. The van der Waals surface area contributed by atoms with E-state index in [1.807, 2.05) is 0 Å². The number of nitrogens with one attached hydrogen (secondary N) is 2. The van der Waals surface area contributed by atoms with Crippen LogP contribution in [0.3, 0.4) is 0 Å². The molecule has 0 aliphatic carbocycles. The van der Waals surface area contributed by atoms with Gasteiger partial charge in [0.1, 0.15) is 36.8 Å². The van der Waals surface area contributed by atoms with Crippen molar-refractivity contribution in [3.8, 4) is 0 Å². The molecule has 69 heavy (non-hydrogen) atoms. The van der Waals surface area contributed by atoms with Crippen molar-refractivity contribution in [2.45, 2.75) is 300 Å². The maximum Gasteiger partial charge on any atom is 0.411 e. The Morgan fingerprint density at radius 2 is 0.986 bits per heavy atom. The van der Waals surface area contributed by atoms with E-state index in [1.165, 1.54) is 211 Å². The average molecular weight is 981 g/mol. The number of rotatable bonds is 47. The molecular formula is C57H105FN2O9. The minimum atomic E-state index is -1.68. The highest BCUT2D eigenvalue weighted by molar-refractivity contribution is 5.84. The summed E-state index contributed by atoms with van der Waals surface area (Å²) in [5.74, 6) is -0.652. The summed E-state index contributed by atoms with van der Waals surface area (Å²) in [6.45, 7) is 4.44. The van der Waals surface area contributed by atoms with Gasteiger partial charge in [-0.3, -0.25) is 5.32 Å². The fourth-order valence-electron chi connectivity index (χ4n) is 9.54. The first-order valence-corrected chi connectivity index (χ1v) is 28.8. The molecule has 2 rings (SSSR count). The number of benzene rings is 1. The molecular weight excluding hydrogens is 876 g/mol. The number of hydrogen-bond acceptors (Lipinski definition) is 10. The van der Waals surface area contributed by atoms with E-state index in [1.54, 1.807) is 6.07 Å². The molecule has 1 aromatic carbocycles. The van der Waals surface area contributed by atoms with Crippen molar-refractivity contribution in [3.63, 3.8) is 0 Å². The van der Waals surface area contributed by atoms with Crippen LogP contribution in [0.1, 0.15) is 251 Å². The molecule has 0 saturated carbocycles. The molecule has 0 aromatic heterocycles. The summed E-state index contributed by atoms with van der Waals surface area (Å²) in [7, 11) is 0. The first-order chi connectivity index (χ1) is 33.7. The second kappa shape index (κ2) is 43.7. The van der Waals surface area contributed by atoms with Crippen molar-refractivity contribution >= 4 is 11.8 Å². The van der Waals surface area contributed by atoms with Crippen molar-refractivity contribution in [2.75, 3.05) is 25.1 Å². The lowest BCUT2D eigenvalue weighted by Crippen LogP contribution is -2.60. The van der Waals surface area contributed by atoms with Gasteiger partial charge in [-0.2, -0.15) is 0 Å². The Balaban J connectivity index is 1.69. The number of anilines is 1. The molecule has 0 radical (unpaired) electrons. The highest BCUT2D eigenvalue weighted by Gasteiger charge is 2.45. The van der Waals surface area contributed by atoms with Crippen LogP contribution in [0.15, 0.2) is 24.3 Å². The second-order valence-electron chi connectivity index (χ2n) is 20.5. The van der Waals surface area contributed by atoms with Crippen LogP contribution in [0.5, 0.6) is 0 Å². The van der Waals surface area contributed by atoms with Crippen LogP contribution in [0, 0.1) is 5.82 Å². The largest absolute Gasteiger partial charge is 0.446 e. The third-order valence-corrected chi connectivity index (χ3v) is 14.2. The predicted octanol–water partition coefficient (Wildman–Crippen LogP) is 13.4. The van der Waals surface area contributed by atoms with Gasteiger partial charge >= 0.3 is 6.09 Å². The lowest BCUT2D eigenvalue weighted by atomic mass is 9.98. The number of amides is 1. The summed E-state index contributed by atoms with van der Waals surface area (Å²) in [5, 5.41) is 60.2. The molecule has 12 heteroatoms. The minimum Gasteiger partial charge on any atom is -0.446 e. The van der Waals surface area contributed by atoms with Crippen LogP contribution < -0.4 is 10.6 Å². The molecule has 1 saturated heterocycles. The summed E-state index contributed by atoms with van der Waals surface area (Å²) in [4.78, 5) is 12.4. The number of hydrogen-bond donors (Lipinski definition) is 7. The molecule has 1 aromatic rings. The highest BCUT2D eigenvalue weighted by atomic mass is 19.1. The number of ether oxygens (including phenoxy) is 3. The van der Waals surface area contributed by atoms with E-state index in [9.17, 15) is 34.7 Å². The molecule has 1 aliphatic rings. The summed E-state index contributed by atoms with van der Waals surface area (Å²) in [6, 6.07) is 4.88. The Morgan fingerprint density at radius 3 is 1.42 bits per heavy atom. The number of para-hydroxylation sites is 1. The molecule has 11 nitrogen and oxygen atoms in total. The third-order valence-electron chi connectivity index (χ3n) is 14.2. The van der Waals surface area contributed by atoms with E-state index in [0.717, 1.165) is 38.5 Å². The van der Waals surface area contributed by atoms with Gasteiger partial charge in [-0.25, -0.2) is 9.18 Å². The van der Waals surface area contributed by atoms with Crippen molar-refractivity contribution < 1.29 is 48.9 Å². The van der Waals surface area contributed by atoms with Gasteiger partial charge in [0.15, 0.2) is 6.29 Å². The van der Waals surface area contributed by atoms with Gasteiger partial charge in [-0.1, -0.05) is 251 Å². The normalized spacial score (nSPS) is 19.7. The molecule has 1 heterocycles. The summed E-state index contributed by atoms with van der Waals surface area (Å²) in [5.41, 5.74) is -0.0894. The van der Waals surface area contributed by atoms with E-state index >= 15 is 0 Å². The Bertz CT molecular complexity index is 1310. The second-order valence-corrected chi connectivity index (χ2v) is 20.5. The van der Waals surface area contributed by atoms with Crippen LogP contribution in [-0.4, -0.2) is 100 Å². The van der Waals surface area contributed by atoms with Gasteiger partial charge in [-0.15, -0.1) is 0 Å². The quantitative estimate of drug-likeness (QED) is 0.0312. The first-order valence-electron chi connectivity index (χ1n) is 28.8. The molecule has 1 fully saturated rings. The summed E-state index contributed by atoms with van der Waals surface area (Å²) >= 11 is 0. The van der Waals surface area contributed by atoms with E-state index in [4.69, 9.17) is 14.2 Å². The summed E-state index contributed by atoms with van der Waals surface area (Å²) < 4.78 is 30.9. The van der Waals surface area contributed by atoms with Gasteiger partial charge in [0.05, 0.1) is 30.5 Å². The lowest BCUT2D eigenvalue weighted by Gasteiger charge is -2.40. The fourth-order valence-corrected chi connectivity index (χ4v) is 9.54. The smallest absolute Gasteiger partial charge is 0.411 e.